The lowest BCUT2D eigenvalue weighted by atomic mass is 9.77. The molecule has 210 valence electrons. The van der Waals surface area contributed by atoms with Crippen molar-refractivity contribution in [2.75, 3.05) is 13.2 Å². The smallest absolute Gasteiger partial charge is 0.426 e. The molecule has 3 rings (SSSR count). The number of aliphatic hydroxyl groups excluding tert-OH is 2. The Morgan fingerprint density at radius 2 is 1.76 bits per heavy atom. The fourth-order valence-electron chi connectivity index (χ4n) is 5.07. The van der Waals surface area contributed by atoms with Crippen molar-refractivity contribution in [3.8, 4) is 5.75 Å². The molecule has 1 unspecified atom stereocenters. The summed E-state index contributed by atoms with van der Waals surface area (Å²) in [5.74, 6) is 0.289. The van der Waals surface area contributed by atoms with Crippen LogP contribution in [0, 0.1) is 11.7 Å². The van der Waals surface area contributed by atoms with Crippen molar-refractivity contribution in [1.29, 1.82) is 0 Å². The molecular weight excluding hydrogens is 493 g/mol. The molecular formula is C31H41F3O4. The van der Waals surface area contributed by atoms with Gasteiger partial charge in [-0.15, -0.1) is 0 Å². The van der Waals surface area contributed by atoms with E-state index in [0.717, 1.165) is 30.4 Å². The first-order chi connectivity index (χ1) is 18.2. The summed E-state index contributed by atoms with van der Waals surface area (Å²) in [6.45, 7) is 5.40. The van der Waals surface area contributed by atoms with Gasteiger partial charge in [-0.2, -0.15) is 8.78 Å². The minimum Gasteiger partial charge on any atom is -0.429 e. The molecule has 0 heterocycles. The Morgan fingerprint density at radius 1 is 1.05 bits per heavy atom. The quantitative estimate of drug-likeness (QED) is 0.140. The van der Waals surface area contributed by atoms with Crippen molar-refractivity contribution < 1.29 is 32.9 Å². The standard InChI is InChI=1S/C31H41F3O4/c1-3-4-5-7-23-9-11-24(12-10-23)25-13-16-27(17-14-25)31(33,34)38-28-18-15-26(29(32)20-28)8-6-19-37-30(36)22(2)21-35/h13-18,20,23-24,30,35-36H,2-12,19,21H2,1H3. The van der Waals surface area contributed by atoms with Crippen molar-refractivity contribution in [2.24, 2.45) is 5.92 Å². The molecule has 7 heteroatoms. The van der Waals surface area contributed by atoms with E-state index in [9.17, 15) is 18.3 Å². The first-order valence-electron chi connectivity index (χ1n) is 13.8. The fourth-order valence-corrected chi connectivity index (χ4v) is 5.07. The van der Waals surface area contributed by atoms with Gasteiger partial charge < -0.3 is 19.7 Å². The van der Waals surface area contributed by atoms with Gasteiger partial charge in [0, 0.05) is 11.6 Å². The number of aliphatic hydroxyl groups is 2. The third-order valence-electron chi connectivity index (χ3n) is 7.47. The van der Waals surface area contributed by atoms with Crippen LogP contribution in [0.2, 0.25) is 0 Å². The zero-order valence-electron chi connectivity index (χ0n) is 22.3. The van der Waals surface area contributed by atoms with E-state index in [-0.39, 0.29) is 29.9 Å². The lowest BCUT2D eigenvalue weighted by Gasteiger charge is -2.29. The van der Waals surface area contributed by atoms with Crippen LogP contribution in [0.4, 0.5) is 13.2 Å². The summed E-state index contributed by atoms with van der Waals surface area (Å²) in [6, 6.07) is 10.1. The zero-order valence-corrected chi connectivity index (χ0v) is 22.3. The number of benzene rings is 2. The van der Waals surface area contributed by atoms with Crippen molar-refractivity contribution in [1.82, 2.24) is 0 Å². The minimum atomic E-state index is -3.59. The van der Waals surface area contributed by atoms with E-state index in [1.807, 2.05) is 0 Å². The maximum Gasteiger partial charge on any atom is 0.426 e. The van der Waals surface area contributed by atoms with Crippen LogP contribution in [0.5, 0.6) is 5.75 Å². The first kappa shape index (κ1) is 30.2. The van der Waals surface area contributed by atoms with Crippen molar-refractivity contribution in [3.05, 3.63) is 77.1 Å². The van der Waals surface area contributed by atoms with Crippen LogP contribution in [0.3, 0.4) is 0 Å². The second-order valence-electron chi connectivity index (χ2n) is 10.4. The number of hydrogen-bond donors (Lipinski definition) is 2. The van der Waals surface area contributed by atoms with E-state index >= 15 is 0 Å². The number of rotatable bonds is 15. The molecule has 4 nitrogen and oxygen atoms in total. The van der Waals surface area contributed by atoms with E-state index in [2.05, 4.69) is 13.5 Å². The topological polar surface area (TPSA) is 58.9 Å². The second-order valence-corrected chi connectivity index (χ2v) is 10.4. The van der Waals surface area contributed by atoms with E-state index in [1.54, 1.807) is 12.1 Å². The second kappa shape index (κ2) is 14.7. The molecule has 2 N–H and O–H groups in total. The molecule has 2 aromatic rings. The van der Waals surface area contributed by atoms with Gasteiger partial charge in [0.15, 0.2) is 6.29 Å². The van der Waals surface area contributed by atoms with Crippen LogP contribution < -0.4 is 4.74 Å². The number of hydrogen-bond acceptors (Lipinski definition) is 4. The van der Waals surface area contributed by atoms with Gasteiger partial charge in [0.25, 0.3) is 0 Å². The van der Waals surface area contributed by atoms with Crippen LogP contribution in [-0.4, -0.2) is 29.7 Å². The van der Waals surface area contributed by atoms with E-state index in [4.69, 9.17) is 14.6 Å². The monoisotopic (exact) mass is 534 g/mol. The molecule has 0 amide bonds. The number of aryl methyl sites for hydroxylation is 1. The Labute approximate surface area is 224 Å². The summed E-state index contributed by atoms with van der Waals surface area (Å²) in [4.78, 5) is 0. The molecule has 0 spiro atoms. The number of unbranched alkanes of at least 4 members (excludes halogenated alkanes) is 2. The highest BCUT2D eigenvalue weighted by Crippen LogP contribution is 2.39. The van der Waals surface area contributed by atoms with Crippen molar-refractivity contribution >= 4 is 0 Å². The molecule has 0 aromatic heterocycles. The summed E-state index contributed by atoms with van der Waals surface area (Å²) in [7, 11) is 0. The van der Waals surface area contributed by atoms with Crippen LogP contribution in [-0.2, 0) is 17.3 Å². The predicted molar refractivity (Wildman–Crippen MR) is 143 cm³/mol. The molecule has 1 aliphatic rings. The van der Waals surface area contributed by atoms with Crippen LogP contribution in [0.15, 0.2) is 54.6 Å². The Balaban J connectivity index is 1.50. The lowest BCUT2D eigenvalue weighted by molar-refractivity contribution is -0.185. The summed E-state index contributed by atoms with van der Waals surface area (Å²) in [5, 5.41) is 18.5. The first-order valence-corrected chi connectivity index (χ1v) is 13.8. The molecule has 0 aliphatic heterocycles. The fraction of sp³-hybridized carbons (Fsp3) is 0.548. The molecule has 1 fully saturated rings. The molecule has 2 aromatic carbocycles. The maximum atomic E-state index is 14.9. The summed E-state index contributed by atoms with van der Waals surface area (Å²) >= 11 is 0. The minimum absolute atomic E-state index is 0.117. The molecule has 38 heavy (non-hydrogen) atoms. The van der Waals surface area contributed by atoms with Gasteiger partial charge in [-0.3, -0.25) is 0 Å². The molecule has 0 bridgehead atoms. The third-order valence-corrected chi connectivity index (χ3v) is 7.47. The van der Waals surface area contributed by atoms with E-state index < -0.39 is 24.8 Å². The third kappa shape index (κ3) is 8.85. The number of halogens is 3. The average molecular weight is 535 g/mol. The summed E-state index contributed by atoms with van der Waals surface area (Å²) in [5.41, 5.74) is 1.28. The van der Waals surface area contributed by atoms with Crippen LogP contribution in [0.1, 0.15) is 87.3 Å². The van der Waals surface area contributed by atoms with Gasteiger partial charge >= 0.3 is 6.11 Å². The molecule has 1 aliphatic carbocycles. The molecule has 1 saturated carbocycles. The van der Waals surface area contributed by atoms with E-state index in [0.29, 0.717) is 17.9 Å². The van der Waals surface area contributed by atoms with E-state index in [1.165, 1.54) is 62.8 Å². The van der Waals surface area contributed by atoms with Gasteiger partial charge in [0.2, 0.25) is 0 Å². The number of ether oxygens (including phenoxy) is 2. The highest BCUT2D eigenvalue weighted by Gasteiger charge is 2.35. The van der Waals surface area contributed by atoms with Crippen LogP contribution >= 0.6 is 0 Å². The summed E-state index contributed by atoms with van der Waals surface area (Å²) in [6.07, 6.45) is 5.50. The largest absolute Gasteiger partial charge is 0.429 e. The Morgan fingerprint density at radius 3 is 2.39 bits per heavy atom. The normalized spacial score (nSPS) is 18.8. The zero-order chi connectivity index (χ0) is 27.5. The Kier molecular flexibility index (Phi) is 11.7. The number of alkyl halides is 2. The van der Waals surface area contributed by atoms with Crippen LogP contribution in [0.25, 0.3) is 0 Å². The van der Waals surface area contributed by atoms with Gasteiger partial charge in [-0.1, -0.05) is 57.4 Å². The average Bonchev–Trinajstić information content (AvgIpc) is 2.92. The Bertz CT molecular complexity index is 1000. The molecule has 0 saturated heterocycles. The maximum absolute atomic E-state index is 14.9. The van der Waals surface area contributed by atoms with Gasteiger partial charge in [-0.25, -0.2) is 4.39 Å². The van der Waals surface area contributed by atoms with Gasteiger partial charge in [0.1, 0.15) is 11.6 Å². The molecule has 0 radical (unpaired) electrons. The van der Waals surface area contributed by atoms with Crippen molar-refractivity contribution in [3.63, 3.8) is 0 Å². The lowest BCUT2D eigenvalue weighted by Crippen LogP contribution is -2.22. The van der Waals surface area contributed by atoms with Gasteiger partial charge in [0.05, 0.1) is 18.8 Å². The highest BCUT2D eigenvalue weighted by atomic mass is 19.3. The molecule has 1 atom stereocenters. The summed E-state index contributed by atoms with van der Waals surface area (Å²) < 4.78 is 54.2. The Hall–Kier alpha value is -2.35. The predicted octanol–water partition coefficient (Wildman–Crippen LogP) is 7.62. The highest BCUT2D eigenvalue weighted by molar-refractivity contribution is 5.32. The SMILES string of the molecule is C=C(CO)C(O)OCCCc1ccc(OC(F)(F)c2ccc(C3CCC(CCCCC)CC3)cc2)cc1F. The van der Waals surface area contributed by atoms with Gasteiger partial charge in [-0.05, 0) is 79.7 Å². The van der Waals surface area contributed by atoms with Crippen molar-refractivity contribution in [2.45, 2.75) is 89.4 Å².